The lowest BCUT2D eigenvalue weighted by molar-refractivity contribution is -0.0962. The van der Waals surface area contributed by atoms with E-state index in [0.29, 0.717) is 15.7 Å². The lowest BCUT2D eigenvalue weighted by Gasteiger charge is -2.21. The summed E-state index contributed by atoms with van der Waals surface area (Å²) in [6.07, 6.45) is -5.32. The number of carbonyl (C=O) groups excluding carboxylic acids is 1. The molecule has 0 saturated carbocycles. The van der Waals surface area contributed by atoms with Gasteiger partial charge in [-0.15, -0.1) is 4.68 Å². The molecule has 0 unspecified atom stereocenters. The van der Waals surface area contributed by atoms with Crippen LogP contribution in [0.2, 0.25) is 0 Å². The first-order valence-corrected chi connectivity index (χ1v) is 8.15. The molecule has 0 aliphatic rings. The number of aryl methyl sites for hydroxylation is 1. The molecule has 0 radical (unpaired) electrons. The predicted molar refractivity (Wildman–Crippen MR) is 94.3 cm³/mol. The number of hydrogen-bond acceptors (Lipinski definition) is 4. The molecule has 0 N–H and O–H groups in total. The highest BCUT2D eigenvalue weighted by Gasteiger charge is 2.42. The van der Waals surface area contributed by atoms with Crippen molar-refractivity contribution in [3.8, 4) is 0 Å². The molecule has 6 nitrogen and oxygen atoms in total. The normalized spacial score (nSPS) is 11.6. The SMILES string of the molecule is Cc1nn(C(=O)C(F)(F)F)c(=O)n(C(c2ccccc2)c2ccccc2)c1=O. The largest absolute Gasteiger partial charge is 0.473 e. The lowest BCUT2D eigenvalue weighted by atomic mass is 9.98. The lowest BCUT2D eigenvalue weighted by Crippen LogP contribution is -2.49. The third-order valence-electron chi connectivity index (χ3n) is 4.09. The van der Waals surface area contributed by atoms with E-state index < -0.39 is 35.1 Å². The molecule has 28 heavy (non-hydrogen) atoms. The minimum atomic E-state index is -5.32. The van der Waals surface area contributed by atoms with Crippen LogP contribution in [0.5, 0.6) is 0 Å². The Morgan fingerprint density at radius 3 is 1.82 bits per heavy atom. The molecule has 2 aromatic carbocycles. The van der Waals surface area contributed by atoms with E-state index >= 15 is 0 Å². The first-order valence-electron chi connectivity index (χ1n) is 8.15. The van der Waals surface area contributed by atoms with Gasteiger partial charge in [-0.25, -0.2) is 9.36 Å². The summed E-state index contributed by atoms with van der Waals surface area (Å²) in [5.41, 5.74) is -1.77. The van der Waals surface area contributed by atoms with Crippen LogP contribution >= 0.6 is 0 Å². The first-order chi connectivity index (χ1) is 13.2. The highest BCUT2D eigenvalue weighted by atomic mass is 19.4. The van der Waals surface area contributed by atoms with E-state index in [2.05, 4.69) is 5.10 Å². The van der Waals surface area contributed by atoms with Crippen molar-refractivity contribution >= 4 is 5.91 Å². The summed E-state index contributed by atoms with van der Waals surface area (Å²) in [6.45, 7) is 1.14. The number of nitrogens with zero attached hydrogens (tertiary/aromatic N) is 3. The van der Waals surface area contributed by atoms with Crippen LogP contribution in [0.4, 0.5) is 13.2 Å². The Kier molecular flexibility index (Phi) is 5.00. The van der Waals surface area contributed by atoms with Crippen molar-refractivity contribution in [2.75, 3.05) is 0 Å². The van der Waals surface area contributed by atoms with Crippen LogP contribution < -0.4 is 11.2 Å². The van der Waals surface area contributed by atoms with Gasteiger partial charge in [0.25, 0.3) is 5.56 Å². The summed E-state index contributed by atoms with van der Waals surface area (Å²) in [5.74, 6) is -2.46. The van der Waals surface area contributed by atoms with Gasteiger partial charge in [0.05, 0.1) is 6.04 Å². The zero-order chi connectivity index (χ0) is 20.5. The third-order valence-corrected chi connectivity index (χ3v) is 4.09. The van der Waals surface area contributed by atoms with Gasteiger partial charge in [-0.1, -0.05) is 60.7 Å². The smallest absolute Gasteiger partial charge is 0.267 e. The van der Waals surface area contributed by atoms with Crippen LogP contribution in [0.25, 0.3) is 0 Å². The molecule has 0 aliphatic heterocycles. The van der Waals surface area contributed by atoms with Crippen molar-refractivity contribution in [3.63, 3.8) is 0 Å². The van der Waals surface area contributed by atoms with Crippen LogP contribution in [0, 0.1) is 6.92 Å². The molecule has 0 spiro atoms. The second-order valence-corrected chi connectivity index (χ2v) is 5.98. The highest BCUT2D eigenvalue weighted by molar-refractivity contribution is 5.83. The maximum atomic E-state index is 12.9. The summed E-state index contributed by atoms with van der Waals surface area (Å²) in [4.78, 5) is 37.1. The van der Waals surface area contributed by atoms with Gasteiger partial charge in [-0.05, 0) is 18.1 Å². The second-order valence-electron chi connectivity index (χ2n) is 5.98. The fourth-order valence-electron chi connectivity index (χ4n) is 2.84. The number of benzene rings is 2. The molecule has 0 bridgehead atoms. The van der Waals surface area contributed by atoms with E-state index in [1.807, 2.05) is 0 Å². The number of alkyl halides is 3. The van der Waals surface area contributed by atoms with Crippen molar-refractivity contribution in [2.24, 2.45) is 0 Å². The van der Waals surface area contributed by atoms with Crippen LogP contribution in [-0.2, 0) is 0 Å². The number of rotatable bonds is 3. The van der Waals surface area contributed by atoms with Crippen molar-refractivity contribution in [1.29, 1.82) is 0 Å². The van der Waals surface area contributed by atoms with Gasteiger partial charge in [0.2, 0.25) is 0 Å². The van der Waals surface area contributed by atoms with Crippen LogP contribution in [0.15, 0.2) is 70.3 Å². The Hall–Kier alpha value is -3.49. The van der Waals surface area contributed by atoms with Crippen molar-refractivity contribution in [3.05, 3.63) is 98.3 Å². The molecule has 1 aromatic heterocycles. The van der Waals surface area contributed by atoms with Crippen LogP contribution in [-0.4, -0.2) is 26.4 Å². The molecule has 0 amide bonds. The van der Waals surface area contributed by atoms with Crippen molar-refractivity contribution in [2.45, 2.75) is 19.1 Å². The Labute approximate surface area is 156 Å². The third kappa shape index (κ3) is 3.51. The molecular weight excluding hydrogens is 375 g/mol. The van der Waals surface area contributed by atoms with Crippen LogP contribution in [0.1, 0.15) is 27.7 Å². The van der Waals surface area contributed by atoms with Gasteiger partial charge in [-0.3, -0.25) is 9.59 Å². The summed E-state index contributed by atoms with van der Waals surface area (Å²) < 4.78 is 39.0. The summed E-state index contributed by atoms with van der Waals surface area (Å²) in [6, 6.07) is 15.6. The summed E-state index contributed by atoms with van der Waals surface area (Å²) in [5, 5.41) is 3.27. The quantitative estimate of drug-likeness (QED) is 0.690. The molecule has 3 aromatic rings. The zero-order valence-electron chi connectivity index (χ0n) is 14.6. The maximum absolute atomic E-state index is 12.9. The Bertz CT molecular complexity index is 1080. The Morgan fingerprint density at radius 1 is 0.929 bits per heavy atom. The van der Waals surface area contributed by atoms with Gasteiger partial charge in [0.15, 0.2) is 0 Å². The average Bonchev–Trinajstić information content (AvgIpc) is 2.68. The van der Waals surface area contributed by atoms with E-state index in [1.165, 1.54) is 0 Å². The van der Waals surface area contributed by atoms with Crippen molar-refractivity contribution < 1.29 is 18.0 Å². The standard InChI is InChI=1S/C19H14F3N3O3/c1-12-16(26)24(18(28)25(23-12)17(27)19(20,21)22)15(13-8-4-2-5-9-13)14-10-6-3-7-11-14/h2-11,15H,1H3. The fourth-order valence-corrected chi connectivity index (χ4v) is 2.84. The van der Waals surface area contributed by atoms with E-state index in [9.17, 15) is 27.6 Å². The molecule has 0 fully saturated rings. The monoisotopic (exact) mass is 389 g/mol. The van der Waals surface area contributed by atoms with E-state index in [1.54, 1.807) is 60.7 Å². The zero-order valence-corrected chi connectivity index (χ0v) is 14.6. The molecule has 0 atom stereocenters. The van der Waals surface area contributed by atoms with Gasteiger partial charge in [0.1, 0.15) is 5.69 Å². The second kappa shape index (κ2) is 7.26. The molecule has 144 valence electrons. The topological polar surface area (TPSA) is 74.0 Å². The minimum Gasteiger partial charge on any atom is -0.267 e. The maximum Gasteiger partial charge on any atom is 0.473 e. The fraction of sp³-hybridized carbons (Fsp3) is 0.158. The van der Waals surface area contributed by atoms with Crippen LogP contribution in [0.3, 0.4) is 0 Å². The Balaban J connectivity index is 2.36. The highest BCUT2D eigenvalue weighted by Crippen LogP contribution is 2.24. The van der Waals surface area contributed by atoms with E-state index in [0.717, 1.165) is 6.92 Å². The molecular formula is C19H14F3N3O3. The molecule has 0 aliphatic carbocycles. The average molecular weight is 389 g/mol. The molecule has 1 heterocycles. The molecule has 9 heteroatoms. The number of aromatic nitrogens is 3. The summed E-state index contributed by atoms with van der Waals surface area (Å²) in [7, 11) is 0. The van der Waals surface area contributed by atoms with E-state index in [4.69, 9.17) is 0 Å². The van der Waals surface area contributed by atoms with Gasteiger partial charge in [0, 0.05) is 0 Å². The van der Waals surface area contributed by atoms with E-state index in [-0.39, 0.29) is 4.68 Å². The predicted octanol–water partition coefficient (Wildman–Crippen LogP) is 2.55. The van der Waals surface area contributed by atoms with Gasteiger partial charge >= 0.3 is 17.8 Å². The van der Waals surface area contributed by atoms with Gasteiger partial charge in [-0.2, -0.15) is 18.3 Å². The summed E-state index contributed by atoms with van der Waals surface area (Å²) >= 11 is 0. The number of halogens is 3. The van der Waals surface area contributed by atoms with Crippen molar-refractivity contribution in [1.82, 2.24) is 14.3 Å². The molecule has 3 rings (SSSR count). The minimum absolute atomic E-state index is 0.310. The Morgan fingerprint density at radius 2 is 1.39 bits per heavy atom. The molecule has 0 saturated heterocycles. The number of hydrogen-bond donors (Lipinski definition) is 0. The first kappa shape index (κ1) is 19.3. The number of carbonyl (C=O) groups is 1. The van der Waals surface area contributed by atoms with Gasteiger partial charge < -0.3 is 0 Å².